The predicted molar refractivity (Wildman–Crippen MR) is 77.6 cm³/mol. The summed E-state index contributed by atoms with van der Waals surface area (Å²) in [5, 5.41) is 0.159. The van der Waals surface area contributed by atoms with Crippen molar-refractivity contribution >= 4 is 33.1 Å². The van der Waals surface area contributed by atoms with Crippen molar-refractivity contribution in [2.75, 3.05) is 6.26 Å². The van der Waals surface area contributed by atoms with Crippen molar-refractivity contribution in [2.45, 2.75) is 17.7 Å². The summed E-state index contributed by atoms with van der Waals surface area (Å²) >= 11 is 5.94. The SMILES string of the molecule is CS(=O)(=O)c1cc(C2=C(C3CC3)C(=C=O)NO2)ccc1Cl. The highest BCUT2D eigenvalue weighted by molar-refractivity contribution is 7.90. The minimum atomic E-state index is -3.44. The lowest BCUT2D eigenvalue weighted by Crippen LogP contribution is -2.06. The second-order valence-electron chi connectivity index (χ2n) is 5.12. The first-order valence-corrected chi connectivity index (χ1v) is 8.61. The van der Waals surface area contributed by atoms with Gasteiger partial charge in [0.15, 0.2) is 27.2 Å². The lowest BCUT2D eigenvalue weighted by atomic mass is 10.0. The van der Waals surface area contributed by atoms with Crippen LogP contribution in [0.3, 0.4) is 0 Å². The number of benzene rings is 1. The fourth-order valence-electron chi connectivity index (χ4n) is 2.31. The summed E-state index contributed by atoms with van der Waals surface area (Å²) in [5.41, 5.74) is 4.14. The molecule has 3 rings (SSSR count). The summed E-state index contributed by atoms with van der Waals surface area (Å²) in [4.78, 5) is 16.3. The summed E-state index contributed by atoms with van der Waals surface area (Å²) in [6, 6.07) is 4.64. The van der Waals surface area contributed by atoms with E-state index in [1.54, 1.807) is 6.07 Å². The van der Waals surface area contributed by atoms with Crippen LogP contribution >= 0.6 is 11.6 Å². The third kappa shape index (κ3) is 2.58. The summed E-state index contributed by atoms with van der Waals surface area (Å²) < 4.78 is 23.5. The van der Waals surface area contributed by atoms with Crippen molar-refractivity contribution in [3.63, 3.8) is 0 Å². The van der Waals surface area contributed by atoms with Gasteiger partial charge in [-0.25, -0.2) is 18.7 Å². The van der Waals surface area contributed by atoms with E-state index in [-0.39, 0.29) is 21.5 Å². The van der Waals surface area contributed by atoms with E-state index >= 15 is 0 Å². The van der Waals surface area contributed by atoms with Gasteiger partial charge in [0, 0.05) is 17.4 Å². The van der Waals surface area contributed by atoms with E-state index in [0.717, 1.165) is 24.7 Å². The Bertz CT molecular complexity index is 802. The van der Waals surface area contributed by atoms with Crippen LogP contribution in [0.15, 0.2) is 34.4 Å². The zero-order valence-corrected chi connectivity index (χ0v) is 12.7. The molecule has 1 fully saturated rings. The molecule has 7 heteroatoms. The maximum atomic E-state index is 11.7. The molecule has 5 nitrogen and oxygen atoms in total. The largest absolute Gasteiger partial charge is 0.380 e. The molecule has 110 valence electrons. The van der Waals surface area contributed by atoms with Crippen molar-refractivity contribution in [3.8, 4) is 0 Å². The van der Waals surface area contributed by atoms with Crippen LogP contribution in [0.5, 0.6) is 0 Å². The Hall–Kier alpha value is -1.75. The second kappa shape index (κ2) is 4.91. The van der Waals surface area contributed by atoms with E-state index in [1.165, 1.54) is 12.1 Å². The smallest absolute Gasteiger partial charge is 0.177 e. The summed E-state index contributed by atoms with van der Waals surface area (Å²) in [6.45, 7) is 0. The molecule has 1 aliphatic carbocycles. The highest BCUT2D eigenvalue weighted by Gasteiger charge is 2.37. The highest BCUT2D eigenvalue weighted by Crippen LogP contribution is 2.45. The zero-order valence-electron chi connectivity index (χ0n) is 11.1. The first kappa shape index (κ1) is 14.2. The van der Waals surface area contributed by atoms with Crippen LogP contribution in [-0.2, 0) is 19.5 Å². The first-order chi connectivity index (χ1) is 9.91. The van der Waals surface area contributed by atoms with Crippen molar-refractivity contribution in [3.05, 3.63) is 40.1 Å². The molecule has 21 heavy (non-hydrogen) atoms. The maximum absolute atomic E-state index is 11.7. The molecular formula is C14H12ClNO4S. The number of halogens is 1. The van der Waals surface area contributed by atoms with Crippen LogP contribution in [0.25, 0.3) is 5.76 Å². The van der Waals surface area contributed by atoms with E-state index < -0.39 is 9.84 Å². The molecule has 1 saturated carbocycles. The summed E-state index contributed by atoms with van der Waals surface area (Å²) in [7, 11) is -3.44. The van der Waals surface area contributed by atoms with Gasteiger partial charge in [0.05, 0.1) is 9.92 Å². The van der Waals surface area contributed by atoms with Gasteiger partial charge < -0.3 is 4.84 Å². The molecule has 0 bridgehead atoms. The van der Waals surface area contributed by atoms with Crippen LogP contribution in [0.2, 0.25) is 5.02 Å². The van der Waals surface area contributed by atoms with Crippen molar-refractivity contribution < 1.29 is 18.0 Å². The average molecular weight is 326 g/mol. The number of hydrogen-bond acceptors (Lipinski definition) is 5. The first-order valence-electron chi connectivity index (χ1n) is 6.34. The average Bonchev–Trinajstić information content (AvgIpc) is 3.17. The third-order valence-electron chi connectivity index (χ3n) is 3.45. The molecular weight excluding hydrogens is 314 g/mol. The van der Waals surface area contributed by atoms with Gasteiger partial charge in [0.2, 0.25) is 0 Å². The van der Waals surface area contributed by atoms with Crippen LogP contribution < -0.4 is 5.48 Å². The number of allylic oxidation sites excluding steroid dienone is 1. The minimum absolute atomic E-state index is 0.0384. The zero-order chi connectivity index (χ0) is 15.2. The van der Waals surface area contributed by atoms with E-state index in [9.17, 15) is 13.2 Å². The Morgan fingerprint density at radius 3 is 2.67 bits per heavy atom. The van der Waals surface area contributed by atoms with Crippen LogP contribution in [-0.4, -0.2) is 20.6 Å². The minimum Gasteiger partial charge on any atom is -0.380 e. The molecule has 1 heterocycles. The lowest BCUT2D eigenvalue weighted by molar-refractivity contribution is 0.211. The highest BCUT2D eigenvalue weighted by atomic mass is 35.5. The molecule has 0 unspecified atom stereocenters. The van der Waals surface area contributed by atoms with E-state index in [4.69, 9.17) is 16.4 Å². The molecule has 0 saturated heterocycles. The Labute approximate surface area is 127 Å². The Morgan fingerprint density at radius 1 is 1.38 bits per heavy atom. The molecule has 2 aliphatic rings. The van der Waals surface area contributed by atoms with Crippen LogP contribution in [0.1, 0.15) is 18.4 Å². The molecule has 0 aromatic heterocycles. The van der Waals surface area contributed by atoms with Gasteiger partial charge in [-0.15, -0.1) is 0 Å². The second-order valence-corrected chi connectivity index (χ2v) is 7.51. The third-order valence-corrected chi connectivity index (χ3v) is 5.03. The summed E-state index contributed by atoms with van der Waals surface area (Å²) in [6.07, 6.45) is 3.04. The molecule has 0 amide bonds. The Kier molecular flexibility index (Phi) is 3.32. The van der Waals surface area contributed by atoms with Gasteiger partial charge in [0.25, 0.3) is 0 Å². The fourth-order valence-corrected chi connectivity index (χ4v) is 3.61. The number of rotatable bonds is 3. The monoisotopic (exact) mass is 325 g/mol. The predicted octanol–water partition coefficient (Wildman–Crippen LogP) is 2.11. The normalized spacial score (nSPS) is 18.3. The van der Waals surface area contributed by atoms with E-state index in [0.29, 0.717) is 11.3 Å². The number of nitrogens with one attached hydrogen (secondary N) is 1. The van der Waals surface area contributed by atoms with E-state index in [2.05, 4.69) is 5.48 Å². The molecule has 1 aliphatic heterocycles. The van der Waals surface area contributed by atoms with Crippen molar-refractivity contribution in [1.82, 2.24) is 5.48 Å². The summed E-state index contributed by atoms with van der Waals surface area (Å²) in [5.74, 6) is 2.54. The molecule has 1 N–H and O–H groups in total. The van der Waals surface area contributed by atoms with E-state index in [1.807, 2.05) is 5.94 Å². The fraction of sp³-hybridized carbons (Fsp3) is 0.286. The van der Waals surface area contributed by atoms with Gasteiger partial charge in [-0.05, 0) is 37.0 Å². The number of sulfone groups is 1. The van der Waals surface area contributed by atoms with Crippen molar-refractivity contribution in [2.24, 2.45) is 5.92 Å². The molecule has 1 aromatic carbocycles. The maximum Gasteiger partial charge on any atom is 0.177 e. The van der Waals surface area contributed by atoms with Gasteiger partial charge in [-0.3, -0.25) is 0 Å². The molecule has 1 aromatic rings. The van der Waals surface area contributed by atoms with Gasteiger partial charge in [-0.1, -0.05) is 11.6 Å². The van der Waals surface area contributed by atoms with Gasteiger partial charge >= 0.3 is 0 Å². The molecule has 0 spiro atoms. The number of hydrogen-bond donors (Lipinski definition) is 1. The topological polar surface area (TPSA) is 72.5 Å². The van der Waals surface area contributed by atoms with Gasteiger partial charge in [-0.2, -0.15) is 0 Å². The Morgan fingerprint density at radius 2 is 2.10 bits per heavy atom. The quantitative estimate of drug-likeness (QED) is 0.862. The molecule has 0 atom stereocenters. The number of hydroxylamine groups is 1. The van der Waals surface area contributed by atoms with Crippen LogP contribution in [0.4, 0.5) is 0 Å². The van der Waals surface area contributed by atoms with Crippen LogP contribution in [0, 0.1) is 5.92 Å². The lowest BCUT2D eigenvalue weighted by Gasteiger charge is -2.07. The van der Waals surface area contributed by atoms with Crippen molar-refractivity contribution in [1.29, 1.82) is 0 Å². The standard InChI is InChI=1S/C14H12ClNO4S/c1-21(18,19)12-6-9(4-5-10(12)15)14-13(8-2-3-8)11(7-17)16-20-14/h4-6,8,16H,2-3H2,1H3. The Balaban J connectivity index is 2.17. The molecule has 0 radical (unpaired) electrons. The number of carbonyl (C=O) groups excluding carboxylic acids is 1. The van der Waals surface area contributed by atoms with Gasteiger partial charge in [0.1, 0.15) is 0 Å².